The van der Waals surface area contributed by atoms with Crippen molar-refractivity contribution in [3.8, 4) is 5.75 Å². The van der Waals surface area contributed by atoms with Gasteiger partial charge in [-0.05, 0) is 42.7 Å². The van der Waals surface area contributed by atoms with Gasteiger partial charge < -0.3 is 14.4 Å². The molecule has 3 aromatic rings. The molecule has 1 aliphatic heterocycles. The first kappa shape index (κ1) is 23.2. The Labute approximate surface area is 204 Å². The number of benzene rings is 2. The Bertz CT molecular complexity index is 1270. The molecule has 35 heavy (non-hydrogen) atoms. The van der Waals surface area contributed by atoms with E-state index in [0.717, 1.165) is 37.1 Å². The van der Waals surface area contributed by atoms with Gasteiger partial charge in [0, 0.05) is 19.0 Å². The summed E-state index contributed by atoms with van der Waals surface area (Å²) in [4.78, 5) is 32.3. The van der Waals surface area contributed by atoms with Crippen molar-refractivity contribution in [3.05, 3.63) is 70.3 Å². The second kappa shape index (κ2) is 10.8. The fraction of sp³-hybridized carbons (Fsp3) is 0.407. The average molecular weight is 475 g/mol. The van der Waals surface area contributed by atoms with Crippen LogP contribution in [0.1, 0.15) is 49.4 Å². The summed E-state index contributed by atoms with van der Waals surface area (Å²) in [6, 6.07) is 14.8. The number of ether oxygens (including phenoxy) is 2. The zero-order chi connectivity index (χ0) is 24.0. The van der Waals surface area contributed by atoms with Gasteiger partial charge in [-0.3, -0.25) is 9.59 Å². The first-order valence-electron chi connectivity index (χ1n) is 12.3. The van der Waals surface area contributed by atoms with Crippen LogP contribution in [0.5, 0.6) is 5.75 Å². The van der Waals surface area contributed by atoms with Gasteiger partial charge in [-0.25, -0.2) is 4.98 Å². The fourth-order valence-corrected chi connectivity index (χ4v) is 4.74. The Hall–Kier alpha value is -3.52. The number of morpholine rings is 1. The van der Waals surface area contributed by atoms with Crippen molar-refractivity contribution < 1.29 is 14.3 Å². The normalized spacial score (nSPS) is 17.2. The Morgan fingerprint density at radius 2 is 1.89 bits per heavy atom. The van der Waals surface area contributed by atoms with Crippen LogP contribution in [0.3, 0.4) is 0 Å². The zero-order valence-electron chi connectivity index (χ0n) is 19.8. The summed E-state index contributed by atoms with van der Waals surface area (Å²) in [5.74, 6) is 1.47. The summed E-state index contributed by atoms with van der Waals surface area (Å²) in [7, 11) is 0. The number of aromatic nitrogens is 2. The zero-order valence-corrected chi connectivity index (χ0v) is 19.8. The number of carbonyl (C=O) groups is 1. The van der Waals surface area contributed by atoms with Crippen molar-refractivity contribution in [2.75, 3.05) is 32.9 Å². The minimum atomic E-state index is -0.157. The van der Waals surface area contributed by atoms with Crippen LogP contribution >= 0.6 is 0 Å². The van der Waals surface area contributed by atoms with E-state index in [2.05, 4.69) is 5.10 Å². The van der Waals surface area contributed by atoms with Gasteiger partial charge >= 0.3 is 0 Å². The molecule has 1 aliphatic carbocycles. The van der Waals surface area contributed by atoms with Gasteiger partial charge in [0.2, 0.25) is 0 Å². The van der Waals surface area contributed by atoms with Crippen LogP contribution in [0.25, 0.3) is 10.9 Å². The highest BCUT2D eigenvalue weighted by Crippen LogP contribution is 2.31. The fourth-order valence-electron chi connectivity index (χ4n) is 4.74. The number of hydrogen-bond donors (Lipinski definition) is 0. The summed E-state index contributed by atoms with van der Waals surface area (Å²) in [5, 5.41) is 5.14. The molecule has 0 bridgehead atoms. The Morgan fingerprint density at radius 1 is 1.09 bits per heavy atom. The van der Waals surface area contributed by atoms with Gasteiger partial charge in [0.25, 0.3) is 11.5 Å². The quantitative estimate of drug-likeness (QED) is 0.510. The summed E-state index contributed by atoms with van der Waals surface area (Å²) in [5.41, 5.74) is 1.33. The number of carbonyl (C=O) groups excluding carboxylic acids is 1. The Kier molecular flexibility index (Phi) is 7.18. The first-order valence-corrected chi connectivity index (χ1v) is 12.3. The minimum absolute atomic E-state index is 0.0273. The molecule has 2 aliphatic rings. The summed E-state index contributed by atoms with van der Waals surface area (Å²) in [6.07, 6.45) is 7.18. The van der Waals surface area contributed by atoms with Gasteiger partial charge in [0.05, 0.1) is 30.3 Å². The third-order valence-corrected chi connectivity index (χ3v) is 6.66. The Balaban J connectivity index is 1.37. The van der Waals surface area contributed by atoms with E-state index >= 15 is 0 Å². The molecule has 5 rings (SSSR count). The number of para-hydroxylation sites is 1. The minimum Gasteiger partial charge on any atom is -0.484 e. The van der Waals surface area contributed by atoms with Gasteiger partial charge in [-0.2, -0.15) is 9.78 Å². The molecular formula is C27H30N4O4. The monoisotopic (exact) mass is 474 g/mol. The van der Waals surface area contributed by atoms with E-state index in [9.17, 15) is 9.59 Å². The molecule has 0 unspecified atom stereocenters. The van der Waals surface area contributed by atoms with Crippen LogP contribution < -0.4 is 10.3 Å². The molecule has 1 saturated heterocycles. The standard InChI is InChI=1S/C27H30N4O4/c32-25(30-13-15-34-16-14-30)19-35-22-10-6-7-20(17-22)18-28-31-26(21-8-2-1-3-9-21)29-24-12-5-4-11-23(24)27(31)33/h4-7,10-12,17-18,21H,1-3,8-9,13-16,19H2. The lowest BCUT2D eigenvalue weighted by molar-refractivity contribution is -0.137. The third kappa shape index (κ3) is 5.43. The van der Waals surface area contributed by atoms with Crippen LogP contribution in [-0.4, -0.2) is 59.6 Å². The van der Waals surface area contributed by atoms with E-state index in [1.165, 1.54) is 11.1 Å². The van der Waals surface area contributed by atoms with Gasteiger partial charge in [-0.1, -0.05) is 43.5 Å². The van der Waals surface area contributed by atoms with E-state index in [1.807, 2.05) is 36.4 Å². The van der Waals surface area contributed by atoms with Gasteiger partial charge in [0.1, 0.15) is 11.6 Å². The maximum atomic E-state index is 13.3. The number of rotatable bonds is 6. The van der Waals surface area contributed by atoms with Crippen molar-refractivity contribution in [1.29, 1.82) is 0 Å². The highest BCUT2D eigenvalue weighted by atomic mass is 16.5. The maximum absolute atomic E-state index is 13.3. The molecule has 0 atom stereocenters. The van der Waals surface area contributed by atoms with Gasteiger partial charge in [-0.15, -0.1) is 0 Å². The first-order chi connectivity index (χ1) is 17.2. The van der Waals surface area contributed by atoms with E-state index in [4.69, 9.17) is 14.5 Å². The topological polar surface area (TPSA) is 86.0 Å². The molecule has 8 nitrogen and oxygen atoms in total. The highest BCUT2D eigenvalue weighted by Gasteiger charge is 2.22. The number of fused-ring (bicyclic) bond motifs is 1. The van der Waals surface area contributed by atoms with E-state index < -0.39 is 0 Å². The van der Waals surface area contributed by atoms with Crippen molar-refractivity contribution >= 4 is 23.0 Å². The number of amides is 1. The molecule has 2 aromatic carbocycles. The highest BCUT2D eigenvalue weighted by molar-refractivity contribution is 5.81. The van der Waals surface area contributed by atoms with Crippen molar-refractivity contribution in [2.24, 2.45) is 5.10 Å². The predicted molar refractivity (Wildman–Crippen MR) is 134 cm³/mol. The molecule has 8 heteroatoms. The van der Waals surface area contributed by atoms with Crippen LogP contribution in [0.2, 0.25) is 0 Å². The van der Waals surface area contributed by atoms with Gasteiger partial charge in [0.15, 0.2) is 6.61 Å². The summed E-state index contributed by atoms with van der Waals surface area (Å²) in [6.45, 7) is 2.27. The average Bonchev–Trinajstić information content (AvgIpc) is 2.92. The molecule has 2 fully saturated rings. The predicted octanol–water partition coefficient (Wildman–Crippen LogP) is 3.56. The molecule has 182 valence electrons. The molecule has 0 N–H and O–H groups in total. The SMILES string of the molecule is O=C(COc1cccc(C=Nn2c(C3CCCCC3)nc3ccccc3c2=O)c1)N1CCOCC1. The second-order valence-corrected chi connectivity index (χ2v) is 9.04. The smallest absolute Gasteiger partial charge is 0.282 e. The van der Waals surface area contributed by atoms with E-state index in [1.54, 1.807) is 23.2 Å². The lowest BCUT2D eigenvalue weighted by atomic mass is 9.88. The van der Waals surface area contributed by atoms with Crippen LogP contribution in [0.15, 0.2) is 58.4 Å². The summed E-state index contributed by atoms with van der Waals surface area (Å²) >= 11 is 0. The van der Waals surface area contributed by atoms with Crippen LogP contribution in [0.4, 0.5) is 0 Å². The second-order valence-electron chi connectivity index (χ2n) is 9.04. The third-order valence-electron chi connectivity index (χ3n) is 6.66. The van der Waals surface area contributed by atoms with E-state index in [-0.39, 0.29) is 24.0 Å². The number of hydrogen-bond acceptors (Lipinski definition) is 6. The molecule has 1 aromatic heterocycles. The van der Waals surface area contributed by atoms with Crippen molar-refractivity contribution in [3.63, 3.8) is 0 Å². The molecule has 0 spiro atoms. The molecule has 0 radical (unpaired) electrons. The van der Waals surface area contributed by atoms with Crippen molar-refractivity contribution in [2.45, 2.75) is 38.0 Å². The maximum Gasteiger partial charge on any atom is 0.282 e. The molecule has 1 amide bonds. The van der Waals surface area contributed by atoms with E-state index in [0.29, 0.717) is 43.0 Å². The molecule has 2 heterocycles. The largest absolute Gasteiger partial charge is 0.484 e. The Morgan fingerprint density at radius 3 is 2.71 bits per heavy atom. The lowest BCUT2D eigenvalue weighted by Gasteiger charge is -2.26. The molecular weight excluding hydrogens is 444 g/mol. The summed E-state index contributed by atoms with van der Waals surface area (Å²) < 4.78 is 12.5. The lowest BCUT2D eigenvalue weighted by Crippen LogP contribution is -2.42. The van der Waals surface area contributed by atoms with Crippen molar-refractivity contribution in [1.82, 2.24) is 14.6 Å². The van der Waals surface area contributed by atoms with Crippen LogP contribution in [-0.2, 0) is 9.53 Å². The van der Waals surface area contributed by atoms with Crippen LogP contribution in [0, 0.1) is 0 Å². The number of nitrogens with zero attached hydrogens (tertiary/aromatic N) is 4. The molecule has 1 saturated carbocycles.